The molecule has 0 spiro atoms. The Bertz CT molecular complexity index is 777. The Morgan fingerprint density at radius 1 is 1.15 bits per heavy atom. The van der Waals surface area contributed by atoms with Crippen LogP contribution in [0.25, 0.3) is 0 Å². The van der Waals surface area contributed by atoms with E-state index in [-0.39, 0.29) is 24.8 Å². The van der Waals surface area contributed by atoms with E-state index in [1.165, 1.54) is 11.1 Å². The van der Waals surface area contributed by atoms with Gasteiger partial charge in [-0.3, -0.25) is 4.90 Å². The molecule has 0 bridgehead atoms. The van der Waals surface area contributed by atoms with E-state index < -0.39 is 0 Å². The van der Waals surface area contributed by atoms with E-state index in [4.69, 9.17) is 14.2 Å². The Kier molecular flexibility index (Phi) is 4.80. The molecule has 1 aliphatic heterocycles. The maximum Gasteiger partial charge on any atom is 0.410 e. The van der Waals surface area contributed by atoms with Crippen LogP contribution in [0, 0.1) is 0 Å². The maximum atomic E-state index is 12.7. The first-order chi connectivity index (χ1) is 12.8. The Morgan fingerprint density at radius 2 is 2.00 bits per heavy atom. The molecular weight excluding hydrogens is 330 g/mol. The highest BCUT2D eigenvalue weighted by Gasteiger charge is 2.40. The molecule has 2 aromatic rings. The summed E-state index contributed by atoms with van der Waals surface area (Å²) in [6, 6.07) is 15.8. The molecule has 2 atom stereocenters. The predicted molar refractivity (Wildman–Crippen MR) is 97.3 cm³/mol. The summed E-state index contributed by atoms with van der Waals surface area (Å²) in [5, 5.41) is 0. The number of fused-ring (bicyclic) bond motifs is 2. The number of carbonyl (C=O) groups is 1. The number of nitrogens with zero attached hydrogens (tertiary/aromatic N) is 1. The van der Waals surface area contributed by atoms with Crippen molar-refractivity contribution in [2.24, 2.45) is 0 Å². The smallest absolute Gasteiger partial charge is 0.410 e. The fraction of sp³-hybridized carbons (Fsp3) is 0.381. The summed E-state index contributed by atoms with van der Waals surface area (Å²) in [4.78, 5) is 14.5. The van der Waals surface area contributed by atoms with E-state index in [9.17, 15) is 4.79 Å². The average Bonchev–Trinajstić information content (AvgIpc) is 2.70. The van der Waals surface area contributed by atoms with Crippen molar-refractivity contribution in [2.45, 2.75) is 31.6 Å². The van der Waals surface area contributed by atoms with E-state index in [1.807, 2.05) is 47.4 Å². The maximum absolute atomic E-state index is 12.7. The van der Waals surface area contributed by atoms with E-state index in [2.05, 4.69) is 6.07 Å². The SMILES string of the molecule is COc1cccc2c1CC1C(C2)OCCN1C(=O)OCc1ccccc1. The molecule has 0 saturated carbocycles. The molecule has 0 N–H and O–H groups in total. The van der Waals surface area contributed by atoms with E-state index in [1.54, 1.807) is 7.11 Å². The zero-order chi connectivity index (χ0) is 17.9. The number of methoxy groups -OCH3 is 1. The van der Waals surface area contributed by atoms with Gasteiger partial charge in [0.05, 0.1) is 25.9 Å². The van der Waals surface area contributed by atoms with Gasteiger partial charge in [0.25, 0.3) is 0 Å². The number of ether oxygens (including phenoxy) is 3. The summed E-state index contributed by atoms with van der Waals surface area (Å²) in [7, 11) is 1.69. The van der Waals surface area contributed by atoms with Crippen LogP contribution in [0.2, 0.25) is 0 Å². The first kappa shape index (κ1) is 16.9. The zero-order valence-electron chi connectivity index (χ0n) is 14.9. The third kappa shape index (κ3) is 3.27. The van der Waals surface area contributed by atoms with Crippen LogP contribution < -0.4 is 4.74 Å². The highest BCUT2D eigenvalue weighted by atomic mass is 16.6. The van der Waals surface area contributed by atoms with E-state index >= 15 is 0 Å². The molecule has 2 aliphatic rings. The Balaban J connectivity index is 1.50. The molecule has 0 aromatic heterocycles. The van der Waals surface area contributed by atoms with Crippen LogP contribution in [-0.2, 0) is 28.9 Å². The number of amides is 1. The van der Waals surface area contributed by atoms with E-state index in [0.29, 0.717) is 13.2 Å². The minimum absolute atomic E-state index is 0.00707. The molecule has 2 unspecified atom stereocenters. The van der Waals surface area contributed by atoms with Gasteiger partial charge < -0.3 is 14.2 Å². The number of hydrogen-bond acceptors (Lipinski definition) is 4. The van der Waals surface area contributed by atoms with Crippen molar-refractivity contribution in [3.63, 3.8) is 0 Å². The van der Waals surface area contributed by atoms with Gasteiger partial charge in [-0.25, -0.2) is 4.79 Å². The summed E-state index contributed by atoms with van der Waals surface area (Å²) in [5.41, 5.74) is 3.40. The van der Waals surface area contributed by atoms with Crippen molar-refractivity contribution < 1.29 is 19.0 Å². The van der Waals surface area contributed by atoms with Crippen molar-refractivity contribution in [1.29, 1.82) is 0 Å². The second-order valence-electron chi connectivity index (χ2n) is 6.72. The van der Waals surface area contributed by atoms with Gasteiger partial charge >= 0.3 is 6.09 Å². The third-order valence-corrected chi connectivity index (χ3v) is 5.22. The minimum atomic E-state index is -0.273. The molecule has 26 heavy (non-hydrogen) atoms. The second kappa shape index (κ2) is 7.38. The quantitative estimate of drug-likeness (QED) is 0.850. The lowest BCUT2D eigenvalue weighted by atomic mass is 9.84. The summed E-state index contributed by atoms with van der Waals surface area (Å²) in [5.74, 6) is 0.879. The van der Waals surface area contributed by atoms with Crippen molar-refractivity contribution in [1.82, 2.24) is 4.90 Å². The summed E-state index contributed by atoms with van der Waals surface area (Å²) >= 11 is 0. The van der Waals surface area contributed by atoms with Crippen LogP contribution >= 0.6 is 0 Å². The molecule has 5 heteroatoms. The number of rotatable bonds is 3. The molecule has 5 nitrogen and oxygen atoms in total. The summed E-state index contributed by atoms with van der Waals surface area (Å²) in [6.45, 7) is 1.38. The molecule has 1 saturated heterocycles. The normalized spacial score (nSPS) is 21.5. The Labute approximate surface area is 153 Å². The number of morpholine rings is 1. The van der Waals surface area contributed by atoms with Crippen molar-refractivity contribution in [2.75, 3.05) is 20.3 Å². The van der Waals surface area contributed by atoms with Gasteiger partial charge in [-0.2, -0.15) is 0 Å². The zero-order valence-corrected chi connectivity index (χ0v) is 14.9. The van der Waals surface area contributed by atoms with Crippen LogP contribution in [0.15, 0.2) is 48.5 Å². The van der Waals surface area contributed by atoms with Gasteiger partial charge in [-0.1, -0.05) is 42.5 Å². The number of carbonyl (C=O) groups excluding carboxylic acids is 1. The standard InChI is InChI=1S/C21H23NO4/c1-24-19-9-5-8-16-12-20-18(13-17(16)19)22(10-11-25-20)21(23)26-14-15-6-3-2-4-7-15/h2-9,18,20H,10-14H2,1H3. The molecule has 4 rings (SSSR count). The fourth-order valence-corrected chi connectivity index (χ4v) is 3.90. The highest BCUT2D eigenvalue weighted by molar-refractivity contribution is 5.68. The predicted octanol–water partition coefficient (Wildman–Crippen LogP) is 3.20. The third-order valence-electron chi connectivity index (χ3n) is 5.22. The van der Waals surface area contributed by atoms with Crippen molar-refractivity contribution >= 4 is 6.09 Å². The van der Waals surface area contributed by atoms with Crippen LogP contribution in [-0.4, -0.2) is 43.4 Å². The average molecular weight is 353 g/mol. The van der Waals surface area contributed by atoms with Crippen LogP contribution in [0.5, 0.6) is 5.75 Å². The molecule has 1 heterocycles. The molecule has 0 radical (unpaired) electrons. The summed E-state index contributed by atoms with van der Waals surface area (Å²) < 4.78 is 17.0. The first-order valence-corrected chi connectivity index (χ1v) is 9.00. The van der Waals surface area contributed by atoms with Crippen LogP contribution in [0.3, 0.4) is 0 Å². The van der Waals surface area contributed by atoms with Gasteiger partial charge in [0.2, 0.25) is 0 Å². The monoisotopic (exact) mass is 353 g/mol. The molecule has 1 aliphatic carbocycles. The van der Waals surface area contributed by atoms with E-state index in [0.717, 1.165) is 24.2 Å². The lowest BCUT2D eigenvalue weighted by Gasteiger charge is -2.43. The fourth-order valence-electron chi connectivity index (χ4n) is 3.90. The Hall–Kier alpha value is -2.53. The largest absolute Gasteiger partial charge is 0.496 e. The van der Waals surface area contributed by atoms with Crippen LogP contribution in [0.1, 0.15) is 16.7 Å². The molecular formula is C21H23NO4. The second-order valence-corrected chi connectivity index (χ2v) is 6.72. The Morgan fingerprint density at radius 3 is 2.81 bits per heavy atom. The van der Waals surface area contributed by atoms with Gasteiger partial charge in [0.1, 0.15) is 12.4 Å². The molecule has 1 amide bonds. The number of hydrogen-bond donors (Lipinski definition) is 0. The summed E-state index contributed by atoms with van der Waals surface area (Å²) in [6.07, 6.45) is 1.25. The van der Waals surface area contributed by atoms with Crippen molar-refractivity contribution in [3.05, 3.63) is 65.2 Å². The lowest BCUT2D eigenvalue weighted by molar-refractivity contribution is -0.0692. The van der Waals surface area contributed by atoms with Gasteiger partial charge in [-0.15, -0.1) is 0 Å². The highest BCUT2D eigenvalue weighted by Crippen LogP contribution is 2.34. The van der Waals surface area contributed by atoms with Gasteiger partial charge in [-0.05, 0) is 29.2 Å². The topological polar surface area (TPSA) is 48.0 Å². The molecule has 2 aromatic carbocycles. The van der Waals surface area contributed by atoms with Crippen molar-refractivity contribution in [3.8, 4) is 5.75 Å². The van der Waals surface area contributed by atoms with Gasteiger partial charge in [0.15, 0.2) is 0 Å². The molecule has 136 valence electrons. The number of benzene rings is 2. The molecule has 1 fully saturated rings. The van der Waals surface area contributed by atoms with Gasteiger partial charge in [0, 0.05) is 13.0 Å². The lowest BCUT2D eigenvalue weighted by Crippen LogP contribution is -2.57. The van der Waals surface area contributed by atoms with Crippen LogP contribution in [0.4, 0.5) is 4.79 Å². The first-order valence-electron chi connectivity index (χ1n) is 9.00. The minimum Gasteiger partial charge on any atom is -0.496 e.